The van der Waals surface area contributed by atoms with Crippen LogP contribution in [-0.4, -0.2) is 44.9 Å². The minimum absolute atomic E-state index is 0.252. The second kappa shape index (κ2) is 11.1. The molecular formula is C24H29N5O3. The van der Waals surface area contributed by atoms with Crippen LogP contribution in [0, 0.1) is 6.92 Å². The van der Waals surface area contributed by atoms with Crippen LogP contribution in [0.25, 0.3) is 0 Å². The van der Waals surface area contributed by atoms with Gasteiger partial charge in [-0.1, -0.05) is 42.0 Å². The zero-order valence-corrected chi connectivity index (χ0v) is 19.2. The van der Waals surface area contributed by atoms with E-state index in [-0.39, 0.29) is 6.01 Å². The SMILES string of the molecule is COc1cccc(CCOc2nc(N=NCc3cccc(C)c3)cc(N(C)C)n2)c1OC. The van der Waals surface area contributed by atoms with Gasteiger partial charge >= 0.3 is 6.01 Å². The van der Waals surface area contributed by atoms with Crippen LogP contribution in [0.4, 0.5) is 11.6 Å². The first-order valence-corrected chi connectivity index (χ1v) is 10.3. The van der Waals surface area contributed by atoms with Crippen molar-refractivity contribution in [2.45, 2.75) is 19.9 Å². The minimum Gasteiger partial charge on any atom is -0.493 e. The molecule has 3 aromatic rings. The average molecular weight is 436 g/mol. The van der Waals surface area contributed by atoms with Gasteiger partial charge in [-0.05, 0) is 18.6 Å². The van der Waals surface area contributed by atoms with Gasteiger partial charge in [0.1, 0.15) is 5.82 Å². The van der Waals surface area contributed by atoms with Gasteiger partial charge in [-0.25, -0.2) is 0 Å². The van der Waals surface area contributed by atoms with E-state index in [1.807, 2.05) is 49.3 Å². The highest BCUT2D eigenvalue weighted by molar-refractivity contribution is 5.47. The number of rotatable bonds is 10. The highest BCUT2D eigenvalue weighted by atomic mass is 16.5. The lowest BCUT2D eigenvalue weighted by Crippen LogP contribution is -2.12. The molecular weight excluding hydrogens is 406 g/mol. The molecule has 3 rings (SSSR count). The first-order valence-electron chi connectivity index (χ1n) is 10.3. The van der Waals surface area contributed by atoms with Crippen molar-refractivity contribution >= 4 is 11.6 Å². The van der Waals surface area contributed by atoms with E-state index in [0.717, 1.165) is 11.1 Å². The number of nitrogens with zero attached hydrogens (tertiary/aromatic N) is 5. The summed E-state index contributed by atoms with van der Waals surface area (Å²) in [6.45, 7) is 2.91. The van der Waals surface area contributed by atoms with E-state index in [1.54, 1.807) is 20.3 Å². The summed E-state index contributed by atoms with van der Waals surface area (Å²) < 4.78 is 16.7. The third-order valence-corrected chi connectivity index (χ3v) is 4.73. The van der Waals surface area contributed by atoms with Gasteiger partial charge in [-0.2, -0.15) is 15.1 Å². The van der Waals surface area contributed by atoms with Crippen molar-refractivity contribution in [3.63, 3.8) is 0 Å². The van der Waals surface area contributed by atoms with Crippen LogP contribution in [0.5, 0.6) is 17.5 Å². The molecule has 32 heavy (non-hydrogen) atoms. The van der Waals surface area contributed by atoms with Gasteiger partial charge < -0.3 is 19.1 Å². The largest absolute Gasteiger partial charge is 0.493 e. The maximum atomic E-state index is 5.85. The molecule has 8 heteroatoms. The Bertz CT molecular complexity index is 1070. The lowest BCUT2D eigenvalue weighted by molar-refractivity contribution is 0.292. The van der Waals surface area contributed by atoms with Crippen LogP contribution in [0.3, 0.4) is 0 Å². The Balaban J connectivity index is 1.70. The molecule has 0 aliphatic heterocycles. The molecule has 0 saturated heterocycles. The molecule has 168 valence electrons. The quantitative estimate of drug-likeness (QED) is 0.427. The monoisotopic (exact) mass is 435 g/mol. The van der Waals surface area contributed by atoms with Crippen molar-refractivity contribution in [3.05, 3.63) is 65.2 Å². The zero-order chi connectivity index (χ0) is 22.9. The third kappa shape index (κ3) is 6.16. The summed E-state index contributed by atoms with van der Waals surface area (Å²) in [5.74, 6) is 2.53. The summed E-state index contributed by atoms with van der Waals surface area (Å²) in [7, 11) is 7.05. The lowest BCUT2D eigenvalue weighted by atomic mass is 10.1. The van der Waals surface area contributed by atoms with Crippen LogP contribution in [0.15, 0.2) is 58.8 Å². The molecule has 1 heterocycles. The molecule has 1 aromatic heterocycles. The number of ether oxygens (including phenoxy) is 3. The number of hydrogen-bond acceptors (Lipinski definition) is 8. The van der Waals surface area contributed by atoms with Crippen LogP contribution in [0.2, 0.25) is 0 Å². The summed E-state index contributed by atoms with van der Waals surface area (Å²) in [4.78, 5) is 10.7. The fourth-order valence-electron chi connectivity index (χ4n) is 3.15. The molecule has 0 spiro atoms. The van der Waals surface area contributed by atoms with Crippen LogP contribution in [-0.2, 0) is 13.0 Å². The van der Waals surface area contributed by atoms with Gasteiger partial charge in [0.15, 0.2) is 17.3 Å². The van der Waals surface area contributed by atoms with E-state index >= 15 is 0 Å². The average Bonchev–Trinajstić information content (AvgIpc) is 2.78. The Morgan fingerprint density at radius 3 is 2.50 bits per heavy atom. The van der Waals surface area contributed by atoms with Crippen molar-refractivity contribution in [2.24, 2.45) is 10.2 Å². The van der Waals surface area contributed by atoms with E-state index in [1.165, 1.54) is 5.56 Å². The van der Waals surface area contributed by atoms with Crippen LogP contribution >= 0.6 is 0 Å². The van der Waals surface area contributed by atoms with E-state index in [4.69, 9.17) is 14.2 Å². The highest BCUT2D eigenvalue weighted by Crippen LogP contribution is 2.31. The van der Waals surface area contributed by atoms with Crippen molar-refractivity contribution < 1.29 is 14.2 Å². The van der Waals surface area contributed by atoms with Crippen molar-refractivity contribution in [1.29, 1.82) is 0 Å². The molecule has 0 radical (unpaired) electrons. The number of aromatic nitrogens is 2. The summed E-state index contributed by atoms with van der Waals surface area (Å²) in [5.41, 5.74) is 3.27. The Kier molecular flexibility index (Phi) is 7.96. The molecule has 0 aliphatic carbocycles. The van der Waals surface area contributed by atoms with Gasteiger partial charge in [0, 0.05) is 32.1 Å². The summed E-state index contributed by atoms with van der Waals surface area (Å²) in [6.07, 6.45) is 0.611. The molecule has 0 amide bonds. The molecule has 0 bridgehead atoms. The third-order valence-electron chi connectivity index (χ3n) is 4.73. The Labute approximate surface area is 188 Å². The Morgan fingerprint density at radius 2 is 1.78 bits per heavy atom. The molecule has 0 saturated carbocycles. The number of azo groups is 1. The molecule has 2 aromatic carbocycles. The first-order chi connectivity index (χ1) is 15.5. The van der Waals surface area contributed by atoms with Gasteiger partial charge in [0.2, 0.25) is 0 Å². The number of aryl methyl sites for hydroxylation is 1. The van der Waals surface area contributed by atoms with E-state index in [9.17, 15) is 0 Å². The number of anilines is 1. The summed E-state index contributed by atoms with van der Waals surface area (Å²) in [6, 6.07) is 16.0. The molecule has 8 nitrogen and oxygen atoms in total. The van der Waals surface area contributed by atoms with Crippen molar-refractivity contribution in [3.8, 4) is 17.5 Å². The van der Waals surface area contributed by atoms with Crippen LogP contribution < -0.4 is 19.1 Å². The maximum Gasteiger partial charge on any atom is 0.320 e. The number of benzene rings is 2. The number of hydrogen-bond donors (Lipinski definition) is 0. The second-order valence-corrected chi connectivity index (χ2v) is 7.40. The molecule has 0 unspecified atom stereocenters. The Morgan fingerprint density at radius 1 is 0.969 bits per heavy atom. The highest BCUT2D eigenvalue weighted by Gasteiger charge is 2.11. The predicted molar refractivity (Wildman–Crippen MR) is 125 cm³/mol. The topological polar surface area (TPSA) is 81.4 Å². The number of para-hydroxylation sites is 1. The molecule has 0 fully saturated rings. The second-order valence-electron chi connectivity index (χ2n) is 7.40. The summed E-state index contributed by atoms with van der Waals surface area (Å²) in [5, 5.41) is 8.58. The van der Waals surface area contributed by atoms with E-state index in [0.29, 0.717) is 42.7 Å². The lowest BCUT2D eigenvalue weighted by Gasteiger charge is -2.14. The normalized spacial score (nSPS) is 10.9. The van der Waals surface area contributed by atoms with Crippen molar-refractivity contribution in [2.75, 3.05) is 39.8 Å². The predicted octanol–water partition coefficient (Wildman–Crippen LogP) is 4.77. The van der Waals surface area contributed by atoms with Crippen LogP contribution in [0.1, 0.15) is 16.7 Å². The van der Waals surface area contributed by atoms with Gasteiger partial charge in [0.25, 0.3) is 0 Å². The molecule has 0 N–H and O–H groups in total. The smallest absolute Gasteiger partial charge is 0.320 e. The van der Waals surface area contributed by atoms with Gasteiger partial charge in [-0.15, -0.1) is 5.11 Å². The van der Waals surface area contributed by atoms with E-state index in [2.05, 4.69) is 39.3 Å². The maximum absolute atomic E-state index is 5.85. The zero-order valence-electron chi connectivity index (χ0n) is 19.2. The fourth-order valence-corrected chi connectivity index (χ4v) is 3.15. The molecule has 0 aliphatic rings. The fraction of sp³-hybridized carbons (Fsp3) is 0.333. The first kappa shape index (κ1) is 23.0. The Hall–Kier alpha value is -3.68. The van der Waals surface area contributed by atoms with Crippen molar-refractivity contribution in [1.82, 2.24) is 9.97 Å². The summed E-state index contributed by atoms with van der Waals surface area (Å²) >= 11 is 0. The van der Waals surface area contributed by atoms with E-state index < -0.39 is 0 Å². The molecule has 0 atom stereocenters. The van der Waals surface area contributed by atoms with Gasteiger partial charge in [-0.3, -0.25) is 0 Å². The number of methoxy groups -OCH3 is 2. The standard InChI is InChI=1S/C24H29N5O3/c1-17-8-6-9-18(14-17)16-25-28-21-15-22(29(2)3)27-24(26-21)32-13-12-19-10-7-11-20(30-4)23(19)31-5/h6-11,14-15H,12-13,16H2,1-5H3. The van der Waals surface area contributed by atoms with Gasteiger partial charge in [0.05, 0.1) is 27.4 Å². The minimum atomic E-state index is 0.252.